The fourth-order valence-corrected chi connectivity index (χ4v) is 1.60. The summed E-state index contributed by atoms with van der Waals surface area (Å²) < 4.78 is 21.1. The van der Waals surface area contributed by atoms with E-state index in [0.29, 0.717) is 0 Å². The van der Waals surface area contributed by atoms with E-state index in [1.807, 2.05) is 5.32 Å². The molecule has 0 aliphatic carbocycles. The summed E-state index contributed by atoms with van der Waals surface area (Å²) in [5.41, 5.74) is 0. The van der Waals surface area contributed by atoms with Gasteiger partial charge in [-0.25, -0.2) is 23.1 Å². The van der Waals surface area contributed by atoms with Crippen molar-refractivity contribution < 1.29 is 28.2 Å². The van der Waals surface area contributed by atoms with Crippen molar-refractivity contribution in [2.24, 2.45) is 5.14 Å². The van der Waals surface area contributed by atoms with Crippen LogP contribution in [0.1, 0.15) is 13.3 Å². The maximum absolute atomic E-state index is 11.2. The number of nitrogens with one attached hydrogen (secondary N) is 2. The van der Waals surface area contributed by atoms with Crippen molar-refractivity contribution in [1.82, 2.24) is 10.6 Å². The topological polar surface area (TPSA) is 159 Å². The lowest BCUT2D eigenvalue weighted by atomic mass is 10.2. The molecule has 0 radical (unpaired) electrons. The van der Waals surface area contributed by atoms with Crippen LogP contribution in [0, 0.1) is 0 Å². The number of carbonyl (C=O) groups excluding carboxylic acids is 1. The standard InChI is InChI=1S/C8H17N3O6S/c1-5(12)6(7(13)14)11-8(15)10-3-2-4-18(9,16)17/h5-6,12H,2-4H2,1H3,(H,13,14)(H2,9,16,17)(H2,10,11,15). The minimum absolute atomic E-state index is 0.0222. The van der Waals surface area contributed by atoms with E-state index in [0.717, 1.165) is 0 Å². The maximum Gasteiger partial charge on any atom is 0.328 e. The summed E-state index contributed by atoms with van der Waals surface area (Å²) in [6.07, 6.45) is -1.14. The van der Waals surface area contributed by atoms with Gasteiger partial charge >= 0.3 is 12.0 Å². The van der Waals surface area contributed by atoms with Crippen LogP contribution in [0.5, 0.6) is 0 Å². The van der Waals surface area contributed by atoms with Gasteiger partial charge in [0, 0.05) is 6.54 Å². The third-order valence-electron chi connectivity index (χ3n) is 1.93. The number of amides is 2. The Morgan fingerprint density at radius 2 is 1.94 bits per heavy atom. The number of urea groups is 1. The first-order chi connectivity index (χ1) is 8.13. The van der Waals surface area contributed by atoms with Crippen molar-refractivity contribution in [3.05, 3.63) is 0 Å². The molecule has 0 spiro atoms. The molecule has 0 heterocycles. The minimum atomic E-state index is -3.58. The van der Waals surface area contributed by atoms with Gasteiger partial charge in [-0.15, -0.1) is 0 Å². The molecule has 0 aromatic carbocycles. The summed E-state index contributed by atoms with van der Waals surface area (Å²) in [6.45, 7) is 1.24. The summed E-state index contributed by atoms with van der Waals surface area (Å²) in [4.78, 5) is 21.8. The first-order valence-corrected chi connectivity index (χ1v) is 6.80. The van der Waals surface area contributed by atoms with Crippen LogP contribution < -0.4 is 15.8 Å². The van der Waals surface area contributed by atoms with E-state index in [1.165, 1.54) is 6.92 Å². The molecule has 10 heteroatoms. The summed E-state index contributed by atoms with van der Waals surface area (Å²) >= 11 is 0. The van der Waals surface area contributed by atoms with Gasteiger partial charge in [-0.05, 0) is 13.3 Å². The number of rotatable bonds is 7. The van der Waals surface area contributed by atoms with Crippen LogP contribution in [0.4, 0.5) is 4.79 Å². The van der Waals surface area contributed by atoms with Crippen molar-refractivity contribution in [3.63, 3.8) is 0 Å². The molecule has 0 aromatic heterocycles. The van der Waals surface area contributed by atoms with Gasteiger partial charge in [0.25, 0.3) is 0 Å². The second kappa shape index (κ2) is 7.13. The molecule has 18 heavy (non-hydrogen) atoms. The predicted octanol–water partition coefficient (Wildman–Crippen LogP) is -2.20. The lowest BCUT2D eigenvalue weighted by Crippen LogP contribution is -2.51. The molecule has 0 fully saturated rings. The van der Waals surface area contributed by atoms with E-state index in [-0.39, 0.29) is 18.7 Å². The van der Waals surface area contributed by atoms with Crippen molar-refractivity contribution in [3.8, 4) is 0 Å². The average Bonchev–Trinajstić information content (AvgIpc) is 2.18. The number of carboxylic acid groups (broad SMARTS) is 1. The summed E-state index contributed by atoms with van der Waals surface area (Å²) in [5.74, 6) is -1.66. The van der Waals surface area contributed by atoms with E-state index in [1.54, 1.807) is 0 Å². The van der Waals surface area contributed by atoms with Gasteiger partial charge in [-0.2, -0.15) is 0 Å². The number of hydrogen-bond acceptors (Lipinski definition) is 5. The lowest BCUT2D eigenvalue weighted by Gasteiger charge is -2.17. The van der Waals surface area contributed by atoms with E-state index < -0.39 is 34.2 Å². The highest BCUT2D eigenvalue weighted by Crippen LogP contribution is 1.92. The second-order valence-corrected chi connectivity index (χ2v) is 5.41. The molecule has 6 N–H and O–H groups in total. The van der Waals surface area contributed by atoms with Crippen LogP contribution in [0.3, 0.4) is 0 Å². The van der Waals surface area contributed by atoms with E-state index in [4.69, 9.17) is 15.4 Å². The van der Waals surface area contributed by atoms with Crippen molar-refractivity contribution in [1.29, 1.82) is 0 Å². The van der Waals surface area contributed by atoms with Gasteiger partial charge < -0.3 is 20.8 Å². The van der Waals surface area contributed by atoms with Crippen LogP contribution in [0.2, 0.25) is 0 Å². The number of sulfonamides is 1. The monoisotopic (exact) mass is 283 g/mol. The molecular weight excluding hydrogens is 266 g/mol. The average molecular weight is 283 g/mol. The van der Waals surface area contributed by atoms with Crippen molar-refractivity contribution in [2.45, 2.75) is 25.5 Å². The number of nitrogens with two attached hydrogens (primary N) is 1. The number of carbonyl (C=O) groups is 2. The van der Waals surface area contributed by atoms with E-state index >= 15 is 0 Å². The fraction of sp³-hybridized carbons (Fsp3) is 0.750. The largest absolute Gasteiger partial charge is 0.480 e. The molecule has 9 nitrogen and oxygen atoms in total. The molecule has 106 valence electrons. The Kier molecular flexibility index (Phi) is 6.58. The smallest absolute Gasteiger partial charge is 0.328 e. The Hall–Kier alpha value is -1.39. The third kappa shape index (κ3) is 7.81. The molecule has 0 saturated carbocycles. The highest BCUT2D eigenvalue weighted by molar-refractivity contribution is 7.89. The van der Waals surface area contributed by atoms with Crippen LogP contribution in [-0.4, -0.2) is 55.1 Å². The fourth-order valence-electron chi connectivity index (χ4n) is 1.06. The van der Waals surface area contributed by atoms with Gasteiger partial charge in [-0.3, -0.25) is 0 Å². The summed E-state index contributed by atoms with van der Waals surface area (Å²) in [5, 5.41) is 26.8. The van der Waals surface area contributed by atoms with Crippen LogP contribution in [0.15, 0.2) is 0 Å². The lowest BCUT2D eigenvalue weighted by molar-refractivity contribution is -0.141. The molecular formula is C8H17N3O6S. The number of hydrogen-bond donors (Lipinski definition) is 5. The Morgan fingerprint density at radius 1 is 1.39 bits per heavy atom. The van der Waals surface area contributed by atoms with Gasteiger partial charge in [0.2, 0.25) is 10.0 Å². The second-order valence-electron chi connectivity index (χ2n) is 3.68. The zero-order chi connectivity index (χ0) is 14.3. The number of primary sulfonamides is 1. The number of aliphatic hydroxyl groups is 1. The highest BCUT2D eigenvalue weighted by atomic mass is 32.2. The Labute approximate surface area is 104 Å². The van der Waals surface area contributed by atoms with Crippen LogP contribution in [-0.2, 0) is 14.8 Å². The van der Waals surface area contributed by atoms with Gasteiger partial charge in [0.05, 0.1) is 11.9 Å². The Morgan fingerprint density at radius 3 is 2.33 bits per heavy atom. The molecule has 2 unspecified atom stereocenters. The molecule has 0 saturated heterocycles. The number of carboxylic acids is 1. The number of aliphatic carboxylic acids is 1. The predicted molar refractivity (Wildman–Crippen MR) is 62.2 cm³/mol. The Balaban J connectivity index is 4.00. The SMILES string of the molecule is CC(O)C(NC(=O)NCCCS(N)(=O)=O)C(=O)O. The maximum atomic E-state index is 11.2. The molecule has 0 bridgehead atoms. The third-order valence-corrected chi connectivity index (χ3v) is 2.78. The first kappa shape index (κ1) is 16.6. The van der Waals surface area contributed by atoms with Gasteiger partial charge in [0.1, 0.15) is 0 Å². The van der Waals surface area contributed by atoms with E-state index in [2.05, 4.69) is 5.32 Å². The summed E-state index contributed by atoms with van der Waals surface area (Å²) in [6, 6.07) is -2.24. The normalized spacial score (nSPS) is 14.6. The van der Waals surface area contributed by atoms with Crippen molar-refractivity contribution in [2.75, 3.05) is 12.3 Å². The van der Waals surface area contributed by atoms with E-state index in [9.17, 15) is 18.0 Å². The molecule has 0 aromatic rings. The van der Waals surface area contributed by atoms with Gasteiger partial charge in [0.15, 0.2) is 6.04 Å². The number of aliphatic hydroxyl groups excluding tert-OH is 1. The van der Waals surface area contributed by atoms with Gasteiger partial charge in [-0.1, -0.05) is 0 Å². The highest BCUT2D eigenvalue weighted by Gasteiger charge is 2.24. The molecule has 0 aliphatic rings. The zero-order valence-corrected chi connectivity index (χ0v) is 10.6. The van der Waals surface area contributed by atoms with Crippen LogP contribution >= 0.6 is 0 Å². The Bertz CT molecular complexity index is 394. The molecule has 0 rings (SSSR count). The molecule has 0 aliphatic heterocycles. The van der Waals surface area contributed by atoms with Crippen LogP contribution in [0.25, 0.3) is 0 Å². The summed E-state index contributed by atoms with van der Waals surface area (Å²) in [7, 11) is -3.58. The van der Waals surface area contributed by atoms with Crippen molar-refractivity contribution >= 4 is 22.0 Å². The minimum Gasteiger partial charge on any atom is -0.480 e. The zero-order valence-electron chi connectivity index (χ0n) is 9.79. The molecule has 2 atom stereocenters. The quantitative estimate of drug-likeness (QED) is 0.333. The first-order valence-electron chi connectivity index (χ1n) is 5.09. The molecule has 2 amide bonds.